The molecule has 0 atom stereocenters. The van der Waals surface area contributed by atoms with Gasteiger partial charge in [-0.25, -0.2) is 0 Å². The quantitative estimate of drug-likeness (QED) is 0.826. The highest BCUT2D eigenvalue weighted by Crippen LogP contribution is 2.19. The summed E-state index contributed by atoms with van der Waals surface area (Å²) in [6.45, 7) is 2.40. The summed E-state index contributed by atoms with van der Waals surface area (Å²) in [5.74, 6) is -0.630. The molecule has 118 valence electrons. The molecule has 1 aliphatic rings. The van der Waals surface area contributed by atoms with Gasteiger partial charge in [0, 0.05) is 23.1 Å². The van der Waals surface area contributed by atoms with Gasteiger partial charge in [-0.1, -0.05) is 15.9 Å². The second kappa shape index (κ2) is 7.40. The molecular formula is C15H18BrN3O3. The fourth-order valence-electron chi connectivity index (χ4n) is 2.24. The van der Waals surface area contributed by atoms with Gasteiger partial charge in [0.2, 0.25) is 17.7 Å². The van der Waals surface area contributed by atoms with Crippen molar-refractivity contribution in [3.8, 4) is 0 Å². The van der Waals surface area contributed by atoms with Gasteiger partial charge in [0.15, 0.2) is 0 Å². The predicted octanol–water partition coefficient (Wildman–Crippen LogP) is 1.43. The van der Waals surface area contributed by atoms with E-state index >= 15 is 0 Å². The van der Waals surface area contributed by atoms with Crippen molar-refractivity contribution >= 4 is 39.3 Å². The Morgan fingerprint density at radius 1 is 1.32 bits per heavy atom. The van der Waals surface area contributed by atoms with Crippen molar-refractivity contribution in [1.82, 2.24) is 10.2 Å². The van der Waals surface area contributed by atoms with Gasteiger partial charge in [-0.3, -0.25) is 14.4 Å². The summed E-state index contributed by atoms with van der Waals surface area (Å²) in [7, 11) is 0. The van der Waals surface area contributed by atoms with Crippen LogP contribution in [0.15, 0.2) is 22.7 Å². The van der Waals surface area contributed by atoms with Gasteiger partial charge < -0.3 is 15.5 Å². The van der Waals surface area contributed by atoms with Crippen LogP contribution in [0.2, 0.25) is 0 Å². The minimum Gasteiger partial charge on any atom is -0.345 e. The van der Waals surface area contributed by atoms with Crippen LogP contribution in [0.5, 0.6) is 0 Å². The van der Waals surface area contributed by atoms with Crippen LogP contribution in [0.4, 0.5) is 5.69 Å². The molecule has 0 radical (unpaired) electrons. The number of carbonyl (C=O) groups excluding carboxylic acids is 3. The van der Waals surface area contributed by atoms with Crippen molar-refractivity contribution in [3.63, 3.8) is 0 Å². The number of hydrogen-bond acceptors (Lipinski definition) is 3. The van der Waals surface area contributed by atoms with E-state index in [-0.39, 0.29) is 30.8 Å². The standard InChI is InChI=1S/C15H18BrN3O3/c1-10-7-11(16)4-5-12(10)18-13(20)8-17-14(21)9-19-6-2-3-15(19)22/h4-5,7H,2-3,6,8-9H2,1H3,(H,17,21)(H,18,20). The van der Waals surface area contributed by atoms with Crippen LogP contribution in [0.25, 0.3) is 0 Å². The third-order valence-corrected chi connectivity index (χ3v) is 3.91. The van der Waals surface area contributed by atoms with E-state index in [1.54, 1.807) is 6.07 Å². The average Bonchev–Trinajstić information content (AvgIpc) is 2.85. The van der Waals surface area contributed by atoms with E-state index < -0.39 is 0 Å². The summed E-state index contributed by atoms with van der Waals surface area (Å²) < 4.78 is 0.937. The lowest BCUT2D eigenvalue weighted by Gasteiger charge is -2.15. The van der Waals surface area contributed by atoms with Crippen LogP contribution in [0, 0.1) is 6.92 Å². The molecule has 1 fully saturated rings. The minimum absolute atomic E-state index is 0.00918. The lowest BCUT2D eigenvalue weighted by molar-refractivity contribution is -0.133. The number of hydrogen-bond donors (Lipinski definition) is 2. The summed E-state index contributed by atoms with van der Waals surface area (Å²) in [6.07, 6.45) is 1.28. The van der Waals surface area contributed by atoms with Crippen molar-refractivity contribution in [2.75, 3.05) is 25.0 Å². The topological polar surface area (TPSA) is 78.5 Å². The van der Waals surface area contributed by atoms with E-state index in [1.165, 1.54) is 4.90 Å². The molecule has 2 rings (SSSR count). The number of nitrogens with zero attached hydrogens (tertiary/aromatic N) is 1. The molecule has 1 aromatic rings. The Labute approximate surface area is 137 Å². The maximum atomic E-state index is 11.8. The first-order chi connectivity index (χ1) is 10.5. The van der Waals surface area contributed by atoms with Gasteiger partial charge in [-0.05, 0) is 37.1 Å². The number of rotatable bonds is 5. The second-order valence-corrected chi connectivity index (χ2v) is 6.12. The molecule has 1 aliphatic heterocycles. The SMILES string of the molecule is Cc1cc(Br)ccc1NC(=O)CNC(=O)CN1CCCC1=O. The summed E-state index contributed by atoms with van der Waals surface area (Å²) in [5.41, 5.74) is 1.63. The van der Waals surface area contributed by atoms with Crippen molar-refractivity contribution < 1.29 is 14.4 Å². The zero-order valence-corrected chi connectivity index (χ0v) is 13.9. The summed E-state index contributed by atoms with van der Waals surface area (Å²) >= 11 is 3.36. The first-order valence-corrected chi connectivity index (χ1v) is 7.85. The van der Waals surface area contributed by atoms with E-state index in [2.05, 4.69) is 26.6 Å². The van der Waals surface area contributed by atoms with Crippen LogP contribution in [-0.4, -0.2) is 42.3 Å². The van der Waals surface area contributed by atoms with Crippen LogP contribution in [0.1, 0.15) is 18.4 Å². The number of amides is 3. The van der Waals surface area contributed by atoms with E-state index in [4.69, 9.17) is 0 Å². The minimum atomic E-state index is -0.321. The van der Waals surface area contributed by atoms with Crippen molar-refractivity contribution in [3.05, 3.63) is 28.2 Å². The van der Waals surface area contributed by atoms with Gasteiger partial charge in [-0.2, -0.15) is 0 Å². The molecule has 1 heterocycles. The molecule has 0 saturated carbocycles. The van der Waals surface area contributed by atoms with Crippen LogP contribution >= 0.6 is 15.9 Å². The third-order valence-electron chi connectivity index (χ3n) is 3.41. The fourth-order valence-corrected chi connectivity index (χ4v) is 2.72. The zero-order valence-electron chi connectivity index (χ0n) is 12.3. The molecule has 6 nitrogen and oxygen atoms in total. The molecule has 0 unspecified atom stereocenters. The van der Waals surface area contributed by atoms with Crippen LogP contribution in [-0.2, 0) is 14.4 Å². The Morgan fingerprint density at radius 3 is 2.73 bits per heavy atom. The molecular weight excluding hydrogens is 350 g/mol. The molecule has 2 N–H and O–H groups in total. The number of benzene rings is 1. The van der Waals surface area contributed by atoms with E-state index in [0.717, 1.165) is 16.5 Å². The molecule has 0 aromatic heterocycles. The van der Waals surface area contributed by atoms with E-state index in [9.17, 15) is 14.4 Å². The van der Waals surface area contributed by atoms with Gasteiger partial charge in [0.1, 0.15) is 0 Å². The Hall–Kier alpha value is -1.89. The summed E-state index contributed by atoms with van der Waals surface area (Å²) in [5, 5.41) is 5.27. The van der Waals surface area contributed by atoms with Gasteiger partial charge in [0.25, 0.3) is 0 Å². The Bertz CT molecular complexity index is 604. The lowest BCUT2D eigenvalue weighted by atomic mass is 10.2. The Balaban J connectivity index is 1.77. The molecule has 3 amide bonds. The average molecular weight is 368 g/mol. The van der Waals surface area contributed by atoms with Crippen molar-refractivity contribution in [1.29, 1.82) is 0 Å². The van der Waals surface area contributed by atoms with Crippen molar-refractivity contribution in [2.45, 2.75) is 19.8 Å². The van der Waals surface area contributed by atoms with E-state index in [0.29, 0.717) is 18.7 Å². The summed E-state index contributed by atoms with van der Waals surface area (Å²) in [4.78, 5) is 36.5. The second-order valence-electron chi connectivity index (χ2n) is 5.20. The fraction of sp³-hybridized carbons (Fsp3) is 0.400. The Kier molecular flexibility index (Phi) is 5.54. The van der Waals surface area contributed by atoms with E-state index in [1.807, 2.05) is 19.1 Å². The highest BCUT2D eigenvalue weighted by Gasteiger charge is 2.22. The molecule has 1 saturated heterocycles. The smallest absolute Gasteiger partial charge is 0.243 e. The van der Waals surface area contributed by atoms with Gasteiger partial charge in [-0.15, -0.1) is 0 Å². The molecule has 0 aliphatic carbocycles. The number of halogens is 1. The number of likely N-dealkylation sites (tertiary alicyclic amines) is 1. The maximum Gasteiger partial charge on any atom is 0.243 e. The third kappa shape index (κ3) is 4.56. The molecule has 0 bridgehead atoms. The first-order valence-electron chi connectivity index (χ1n) is 7.06. The largest absolute Gasteiger partial charge is 0.345 e. The highest BCUT2D eigenvalue weighted by atomic mass is 79.9. The first kappa shape index (κ1) is 16.5. The Morgan fingerprint density at radius 2 is 2.09 bits per heavy atom. The number of anilines is 1. The van der Waals surface area contributed by atoms with Gasteiger partial charge >= 0.3 is 0 Å². The normalized spacial score (nSPS) is 14.1. The molecule has 22 heavy (non-hydrogen) atoms. The number of aryl methyl sites for hydroxylation is 1. The number of carbonyl (C=O) groups is 3. The van der Waals surface area contributed by atoms with Gasteiger partial charge in [0.05, 0.1) is 13.1 Å². The molecule has 0 spiro atoms. The monoisotopic (exact) mass is 367 g/mol. The zero-order chi connectivity index (χ0) is 16.1. The van der Waals surface area contributed by atoms with Crippen LogP contribution < -0.4 is 10.6 Å². The van der Waals surface area contributed by atoms with Crippen molar-refractivity contribution in [2.24, 2.45) is 0 Å². The number of nitrogens with one attached hydrogen (secondary N) is 2. The lowest BCUT2D eigenvalue weighted by Crippen LogP contribution is -2.40. The maximum absolute atomic E-state index is 11.8. The summed E-state index contributed by atoms with van der Waals surface area (Å²) in [6, 6.07) is 5.52. The predicted molar refractivity (Wildman–Crippen MR) is 86.3 cm³/mol. The van der Waals surface area contributed by atoms with Crippen LogP contribution in [0.3, 0.4) is 0 Å². The molecule has 1 aromatic carbocycles. The highest BCUT2D eigenvalue weighted by molar-refractivity contribution is 9.10. The molecule has 7 heteroatoms.